The molecule has 2 fully saturated rings. The van der Waals surface area contributed by atoms with Crippen LogP contribution in [0.25, 0.3) is 0 Å². The van der Waals surface area contributed by atoms with E-state index < -0.39 is 5.91 Å². The molecule has 2 rings (SSSR count). The molecule has 1 aliphatic heterocycles. The van der Waals surface area contributed by atoms with Gasteiger partial charge in [0.15, 0.2) is 0 Å². The molecule has 2 N–H and O–H groups in total. The van der Waals surface area contributed by atoms with Crippen molar-refractivity contribution in [1.29, 1.82) is 0 Å². The number of hydrogen-bond donors (Lipinski definition) is 1. The van der Waals surface area contributed by atoms with Gasteiger partial charge in [0.2, 0.25) is 11.8 Å². The number of primary amides is 1. The topological polar surface area (TPSA) is 63.4 Å². The van der Waals surface area contributed by atoms with Crippen LogP contribution in [0, 0.1) is 5.92 Å². The first-order valence-electron chi connectivity index (χ1n) is 5.26. The van der Waals surface area contributed by atoms with Crippen molar-refractivity contribution in [2.24, 2.45) is 11.7 Å². The molecule has 2 atom stereocenters. The lowest BCUT2D eigenvalue weighted by Crippen LogP contribution is -2.42. The van der Waals surface area contributed by atoms with E-state index >= 15 is 0 Å². The summed E-state index contributed by atoms with van der Waals surface area (Å²) in [6, 6.07) is 0.295. The van der Waals surface area contributed by atoms with E-state index in [9.17, 15) is 9.59 Å². The second kappa shape index (κ2) is 3.59. The molecule has 0 bridgehead atoms. The Bertz CT molecular complexity index is 265. The van der Waals surface area contributed by atoms with Crippen LogP contribution in [-0.2, 0) is 9.59 Å². The van der Waals surface area contributed by atoms with E-state index in [1.807, 2.05) is 0 Å². The number of nitrogens with zero attached hydrogens (tertiary/aromatic N) is 1. The SMILES string of the molecule is NC(=O)CN1C(=O)C[C@H]2CCCC[C@H]21. The zero-order valence-electron chi connectivity index (χ0n) is 8.24. The first-order chi connectivity index (χ1) is 6.68. The lowest BCUT2D eigenvalue weighted by atomic mass is 9.85. The second-order valence-corrected chi connectivity index (χ2v) is 4.30. The highest BCUT2D eigenvalue weighted by Crippen LogP contribution is 2.36. The van der Waals surface area contributed by atoms with Gasteiger partial charge in [-0.15, -0.1) is 0 Å². The van der Waals surface area contributed by atoms with Gasteiger partial charge in [-0.2, -0.15) is 0 Å². The predicted molar refractivity (Wildman–Crippen MR) is 51.3 cm³/mol. The fourth-order valence-corrected chi connectivity index (χ4v) is 2.74. The molecule has 0 radical (unpaired) electrons. The molecule has 4 heteroatoms. The van der Waals surface area contributed by atoms with Crippen LogP contribution < -0.4 is 5.73 Å². The molecule has 1 aliphatic carbocycles. The molecule has 1 heterocycles. The van der Waals surface area contributed by atoms with Gasteiger partial charge in [0.25, 0.3) is 0 Å². The van der Waals surface area contributed by atoms with Crippen molar-refractivity contribution in [2.75, 3.05) is 6.54 Å². The molecule has 4 nitrogen and oxygen atoms in total. The standard InChI is InChI=1S/C10H16N2O2/c11-9(13)6-12-8-4-2-1-3-7(8)5-10(12)14/h7-8H,1-6H2,(H2,11,13)/t7-,8-/m1/s1. The van der Waals surface area contributed by atoms with E-state index in [1.165, 1.54) is 12.8 Å². The molecule has 14 heavy (non-hydrogen) atoms. The number of fused-ring (bicyclic) bond motifs is 1. The van der Waals surface area contributed by atoms with Crippen LogP contribution in [0.15, 0.2) is 0 Å². The van der Waals surface area contributed by atoms with Crippen LogP contribution in [0.3, 0.4) is 0 Å². The summed E-state index contributed by atoms with van der Waals surface area (Å²) in [6.07, 6.45) is 5.19. The number of likely N-dealkylation sites (tertiary alicyclic amines) is 1. The Morgan fingerprint density at radius 1 is 1.43 bits per heavy atom. The summed E-state index contributed by atoms with van der Waals surface area (Å²) < 4.78 is 0. The van der Waals surface area contributed by atoms with Gasteiger partial charge in [0.05, 0.1) is 6.54 Å². The van der Waals surface area contributed by atoms with Crippen molar-refractivity contribution in [1.82, 2.24) is 4.90 Å². The third-order valence-corrected chi connectivity index (χ3v) is 3.35. The smallest absolute Gasteiger partial charge is 0.237 e. The van der Waals surface area contributed by atoms with E-state index in [0.29, 0.717) is 18.4 Å². The molecule has 0 aromatic rings. The van der Waals surface area contributed by atoms with Crippen molar-refractivity contribution in [2.45, 2.75) is 38.1 Å². The van der Waals surface area contributed by atoms with E-state index in [4.69, 9.17) is 5.73 Å². The lowest BCUT2D eigenvalue weighted by Gasteiger charge is -2.30. The summed E-state index contributed by atoms with van der Waals surface area (Å²) in [6.45, 7) is 0.111. The monoisotopic (exact) mass is 196 g/mol. The average Bonchev–Trinajstić information content (AvgIpc) is 2.43. The Kier molecular flexibility index (Phi) is 2.44. The fourth-order valence-electron chi connectivity index (χ4n) is 2.74. The van der Waals surface area contributed by atoms with Gasteiger partial charge in [0.1, 0.15) is 0 Å². The Hall–Kier alpha value is -1.06. The van der Waals surface area contributed by atoms with Gasteiger partial charge in [-0.3, -0.25) is 9.59 Å². The number of nitrogens with two attached hydrogens (primary N) is 1. The molecule has 0 aromatic heterocycles. The van der Waals surface area contributed by atoms with Crippen LogP contribution in [0.1, 0.15) is 32.1 Å². The van der Waals surface area contributed by atoms with Crippen LogP contribution in [0.5, 0.6) is 0 Å². The quantitative estimate of drug-likeness (QED) is 0.688. The largest absolute Gasteiger partial charge is 0.368 e. The second-order valence-electron chi connectivity index (χ2n) is 4.30. The number of amides is 2. The van der Waals surface area contributed by atoms with Crippen LogP contribution in [0.4, 0.5) is 0 Å². The highest BCUT2D eigenvalue weighted by molar-refractivity contribution is 5.85. The molecule has 78 valence electrons. The predicted octanol–water partition coefficient (Wildman–Crippen LogP) is 0.263. The maximum Gasteiger partial charge on any atom is 0.237 e. The molecule has 2 amide bonds. The maximum absolute atomic E-state index is 11.6. The summed E-state index contributed by atoms with van der Waals surface area (Å²) in [7, 11) is 0. The third kappa shape index (κ3) is 1.61. The number of carbonyl (C=O) groups excluding carboxylic acids is 2. The van der Waals surface area contributed by atoms with Gasteiger partial charge in [-0.05, 0) is 18.8 Å². The Balaban J connectivity index is 2.07. The summed E-state index contributed by atoms with van der Waals surface area (Å²) in [5.74, 6) is 0.195. The van der Waals surface area contributed by atoms with Gasteiger partial charge in [-0.25, -0.2) is 0 Å². The van der Waals surface area contributed by atoms with E-state index in [1.54, 1.807) is 4.90 Å². The fraction of sp³-hybridized carbons (Fsp3) is 0.800. The van der Waals surface area contributed by atoms with Crippen LogP contribution in [0.2, 0.25) is 0 Å². The summed E-state index contributed by atoms with van der Waals surface area (Å²) in [5.41, 5.74) is 5.12. The van der Waals surface area contributed by atoms with Crippen molar-refractivity contribution in [3.05, 3.63) is 0 Å². The molecule has 1 saturated heterocycles. The molecule has 0 unspecified atom stereocenters. The van der Waals surface area contributed by atoms with E-state index in [-0.39, 0.29) is 12.5 Å². The minimum atomic E-state index is -0.399. The molecule has 0 aromatic carbocycles. The lowest BCUT2D eigenvalue weighted by molar-refractivity contribution is -0.133. The van der Waals surface area contributed by atoms with E-state index in [0.717, 1.165) is 12.8 Å². The first-order valence-corrected chi connectivity index (χ1v) is 5.26. The first kappa shape index (κ1) is 9.49. The molecule has 0 spiro atoms. The summed E-state index contributed by atoms with van der Waals surface area (Å²) in [4.78, 5) is 24.1. The number of carbonyl (C=O) groups is 2. The van der Waals surface area contributed by atoms with Crippen LogP contribution in [-0.4, -0.2) is 29.3 Å². The number of hydrogen-bond acceptors (Lipinski definition) is 2. The minimum Gasteiger partial charge on any atom is -0.368 e. The Morgan fingerprint density at radius 2 is 2.14 bits per heavy atom. The van der Waals surface area contributed by atoms with Crippen molar-refractivity contribution in [3.63, 3.8) is 0 Å². The Labute approximate surface area is 83.4 Å². The summed E-state index contributed by atoms with van der Waals surface area (Å²) >= 11 is 0. The molecule has 2 aliphatic rings. The van der Waals surface area contributed by atoms with Crippen LogP contribution >= 0.6 is 0 Å². The molecule has 1 saturated carbocycles. The van der Waals surface area contributed by atoms with Crippen molar-refractivity contribution >= 4 is 11.8 Å². The van der Waals surface area contributed by atoms with Gasteiger partial charge in [-0.1, -0.05) is 12.8 Å². The minimum absolute atomic E-state index is 0.111. The third-order valence-electron chi connectivity index (χ3n) is 3.35. The molecular formula is C10H16N2O2. The van der Waals surface area contributed by atoms with Gasteiger partial charge < -0.3 is 10.6 Å². The number of rotatable bonds is 2. The van der Waals surface area contributed by atoms with Crippen molar-refractivity contribution in [3.8, 4) is 0 Å². The average molecular weight is 196 g/mol. The maximum atomic E-state index is 11.6. The zero-order chi connectivity index (χ0) is 10.1. The highest BCUT2D eigenvalue weighted by Gasteiger charge is 2.40. The van der Waals surface area contributed by atoms with Gasteiger partial charge in [0, 0.05) is 12.5 Å². The normalized spacial score (nSPS) is 31.7. The van der Waals surface area contributed by atoms with Gasteiger partial charge >= 0.3 is 0 Å². The van der Waals surface area contributed by atoms with E-state index in [2.05, 4.69) is 0 Å². The van der Waals surface area contributed by atoms with Crippen molar-refractivity contribution < 1.29 is 9.59 Å². The zero-order valence-corrected chi connectivity index (χ0v) is 8.24. The highest BCUT2D eigenvalue weighted by atomic mass is 16.2. The summed E-state index contributed by atoms with van der Waals surface area (Å²) in [5, 5.41) is 0. The molecular weight excluding hydrogens is 180 g/mol. The Morgan fingerprint density at radius 3 is 2.86 bits per heavy atom.